The molecule has 1 fully saturated rings. The number of hydrogen-bond donors (Lipinski definition) is 1. The summed E-state index contributed by atoms with van der Waals surface area (Å²) in [6.07, 6.45) is 2.75. The van der Waals surface area contributed by atoms with Crippen LogP contribution in [0.2, 0.25) is 0 Å². The lowest BCUT2D eigenvalue weighted by atomic mass is 10.2. The fraction of sp³-hybridized carbons (Fsp3) is 0.286. The van der Waals surface area contributed by atoms with E-state index in [-0.39, 0.29) is 17.6 Å². The fourth-order valence-electron chi connectivity index (χ4n) is 3.52. The molecule has 1 aliphatic rings. The van der Waals surface area contributed by atoms with Crippen molar-refractivity contribution in [3.63, 3.8) is 0 Å². The quantitative estimate of drug-likeness (QED) is 0.333. The normalized spacial score (nSPS) is 14.1. The van der Waals surface area contributed by atoms with E-state index in [1.807, 2.05) is 4.90 Å². The first-order valence-corrected chi connectivity index (χ1v) is 10.0. The average molecular weight is 454 g/mol. The van der Waals surface area contributed by atoms with Gasteiger partial charge in [0.15, 0.2) is 11.5 Å². The number of carbonyl (C=O) groups excluding carboxylic acids is 1. The third kappa shape index (κ3) is 4.49. The van der Waals surface area contributed by atoms with Crippen LogP contribution in [-0.4, -0.2) is 66.1 Å². The van der Waals surface area contributed by atoms with Crippen LogP contribution in [0, 0.1) is 10.1 Å². The zero-order valence-corrected chi connectivity index (χ0v) is 18.1. The molecule has 1 aliphatic heterocycles. The molecule has 172 valence electrons. The third-order valence-electron chi connectivity index (χ3n) is 5.28. The Hall–Kier alpha value is -4.35. The van der Waals surface area contributed by atoms with Crippen molar-refractivity contribution in [1.29, 1.82) is 0 Å². The molecule has 4 rings (SSSR count). The topological polar surface area (TPSA) is 150 Å². The Kier molecular flexibility index (Phi) is 5.98. The van der Waals surface area contributed by atoms with E-state index < -0.39 is 4.92 Å². The Morgan fingerprint density at radius 1 is 1.15 bits per heavy atom. The number of piperazine rings is 1. The van der Waals surface area contributed by atoms with E-state index in [9.17, 15) is 14.9 Å². The summed E-state index contributed by atoms with van der Waals surface area (Å²) in [6, 6.07) is 6.17. The number of aromatic nitrogens is 2. The van der Waals surface area contributed by atoms with E-state index in [0.29, 0.717) is 60.3 Å². The molecule has 3 aromatic rings. The number of carbonyl (C=O) groups is 1. The molecule has 12 nitrogen and oxygen atoms in total. The summed E-state index contributed by atoms with van der Waals surface area (Å²) in [5.41, 5.74) is 6.80. The molecule has 2 N–H and O–H groups in total. The van der Waals surface area contributed by atoms with Gasteiger partial charge >= 0.3 is 5.88 Å². The minimum atomic E-state index is -0.632. The second-order valence-electron chi connectivity index (χ2n) is 7.21. The van der Waals surface area contributed by atoms with Gasteiger partial charge in [0.05, 0.1) is 25.8 Å². The summed E-state index contributed by atoms with van der Waals surface area (Å²) in [6.45, 7) is 1.94. The highest BCUT2D eigenvalue weighted by molar-refractivity contribution is 5.92. The maximum Gasteiger partial charge on any atom is 0.433 e. The SMILES string of the molecule is COc1cc2nc(N3CCN(C(=O)/C=C/c4ccc([N+](=O)[O-])o4)CC3)nc(N)c2cc1OC. The number of nitrogens with two attached hydrogens (primary N) is 1. The van der Waals surface area contributed by atoms with Crippen LogP contribution in [0.5, 0.6) is 11.5 Å². The van der Waals surface area contributed by atoms with Crippen LogP contribution in [0.3, 0.4) is 0 Å². The highest BCUT2D eigenvalue weighted by Crippen LogP contribution is 2.34. The molecule has 0 atom stereocenters. The van der Waals surface area contributed by atoms with Gasteiger partial charge < -0.3 is 29.4 Å². The van der Waals surface area contributed by atoms with Crippen LogP contribution in [0.1, 0.15) is 5.76 Å². The van der Waals surface area contributed by atoms with Crippen molar-refractivity contribution in [1.82, 2.24) is 14.9 Å². The van der Waals surface area contributed by atoms with Gasteiger partial charge in [-0.05, 0) is 18.2 Å². The van der Waals surface area contributed by atoms with Gasteiger partial charge in [0.25, 0.3) is 0 Å². The molecule has 1 saturated heterocycles. The summed E-state index contributed by atoms with van der Waals surface area (Å²) >= 11 is 0. The number of anilines is 2. The fourth-order valence-corrected chi connectivity index (χ4v) is 3.52. The first-order valence-electron chi connectivity index (χ1n) is 10.0. The molecule has 0 spiro atoms. The van der Waals surface area contributed by atoms with Crippen molar-refractivity contribution >= 4 is 40.5 Å². The molecule has 3 heterocycles. The van der Waals surface area contributed by atoms with Gasteiger partial charge in [-0.1, -0.05) is 0 Å². The predicted octanol–water partition coefficient (Wildman–Crippen LogP) is 2.09. The molecule has 1 amide bonds. The number of fused-ring (bicyclic) bond motifs is 1. The van der Waals surface area contributed by atoms with Crippen molar-refractivity contribution < 1.29 is 23.6 Å². The lowest BCUT2D eigenvalue weighted by Gasteiger charge is -2.34. The van der Waals surface area contributed by atoms with Crippen molar-refractivity contribution in [3.8, 4) is 11.5 Å². The monoisotopic (exact) mass is 454 g/mol. The van der Waals surface area contributed by atoms with Gasteiger partial charge in [-0.3, -0.25) is 14.9 Å². The van der Waals surface area contributed by atoms with Crippen molar-refractivity contribution in [2.45, 2.75) is 0 Å². The number of nitrogens with zero attached hydrogens (tertiary/aromatic N) is 5. The molecule has 0 radical (unpaired) electrons. The third-order valence-corrected chi connectivity index (χ3v) is 5.28. The molecular formula is C21H22N6O6. The molecule has 33 heavy (non-hydrogen) atoms. The predicted molar refractivity (Wildman–Crippen MR) is 120 cm³/mol. The van der Waals surface area contributed by atoms with Crippen molar-refractivity contribution in [3.05, 3.63) is 46.2 Å². The Bertz CT molecular complexity index is 1230. The number of amides is 1. The van der Waals surface area contributed by atoms with Crippen LogP contribution < -0.4 is 20.1 Å². The Balaban J connectivity index is 1.44. The van der Waals surface area contributed by atoms with E-state index in [2.05, 4.69) is 9.97 Å². The number of hydrogen-bond acceptors (Lipinski definition) is 10. The number of methoxy groups -OCH3 is 2. The van der Waals surface area contributed by atoms with E-state index in [4.69, 9.17) is 19.6 Å². The van der Waals surface area contributed by atoms with E-state index in [1.165, 1.54) is 24.3 Å². The van der Waals surface area contributed by atoms with E-state index in [0.717, 1.165) is 0 Å². The average Bonchev–Trinajstić information content (AvgIpc) is 3.31. The van der Waals surface area contributed by atoms with Crippen molar-refractivity contribution in [2.24, 2.45) is 0 Å². The van der Waals surface area contributed by atoms with Gasteiger partial charge in [-0.25, -0.2) is 4.98 Å². The zero-order valence-electron chi connectivity index (χ0n) is 18.1. The molecule has 1 aromatic carbocycles. The number of benzene rings is 1. The second-order valence-corrected chi connectivity index (χ2v) is 7.21. The summed E-state index contributed by atoms with van der Waals surface area (Å²) in [5, 5.41) is 11.3. The van der Waals surface area contributed by atoms with E-state index in [1.54, 1.807) is 31.3 Å². The highest BCUT2D eigenvalue weighted by atomic mass is 16.6. The molecular weight excluding hydrogens is 432 g/mol. The molecule has 0 aliphatic carbocycles. The first-order chi connectivity index (χ1) is 15.9. The lowest BCUT2D eigenvalue weighted by Crippen LogP contribution is -2.48. The number of furan rings is 1. The Morgan fingerprint density at radius 2 is 1.85 bits per heavy atom. The highest BCUT2D eigenvalue weighted by Gasteiger charge is 2.23. The lowest BCUT2D eigenvalue weighted by molar-refractivity contribution is -0.402. The molecule has 0 unspecified atom stereocenters. The van der Waals surface area contributed by atoms with Crippen LogP contribution in [0.15, 0.2) is 34.8 Å². The number of nitrogen functional groups attached to an aromatic ring is 1. The van der Waals surface area contributed by atoms with Gasteiger partial charge in [-0.2, -0.15) is 4.98 Å². The number of rotatable bonds is 6. The molecule has 0 bridgehead atoms. The zero-order chi connectivity index (χ0) is 23.5. The summed E-state index contributed by atoms with van der Waals surface area (Å²) in [7, 11) is 3.09. The van der Waals surface area contributed by atoms with Gasteiger partial charge in [0.1, 0.15) is 16.5 Å². The van der Waals surface area contributed by atoms with Gasteiger partial charge in [0.2, 0.25) is 11.9 Å². The minimum absolute atomic E-state index is 0.218. The maximum atomic E-state index is 12.5. The number of nitro groups is 1. The summed E-state index contributed by atoms with van der Waals surface area (Å²) < 4.78 is 15.7. The summed E-state index contributed by atoms with van der Waals surface area (Å²) in [5.74, 6) is 1.52. The smallest absolute Gasteiger partial charge is 0.433 e. The van der Waals surface area contributed by atoms with Gasteiger partial charge in [0, 0.05) is 43.7 Å². The first kappa shape index (κ1) is 21.9. The minimum Gasteiger partial charge on any atom is -0.493 e. The molecule has 0 saturated carbocycles. The van der Waals surface area contributed by atoms with Crippen LogP contribution in [0.4, 0.5) is 17.7 Å². The standard InChI is InChI=1S/C21H22N6O6/c1-31-16-11-14-15(12-17(16)32-2)23-21(24-20(14)22)26-9-7-25(8-10-26)18(28)5-3-13-4-6-19(33-13)27(29)30/h3-6,11-12H,7-10H2,1-2H3,(H2,22,23,24)/b5-3+. The maximum absolute atomic E-state index is 12.5. The summed E-state index contributed by atoms with van der Waals surface area (Å²) in [4.78, 5) is 35.2. The van der Waals surface area contributed by atoms with Crippen LogP contribution in [-0.2, 0) is 4.79 Å². The van der Waals surface area contributed by atoms with Gasteiger partial charge in [-0.15, -0.1) is 0 Å². The number of ether oxygens (including phenoxy) is 2. The van der Waals surface area contributed by atoms with Crippen LogP contribution >= 0.6 is 0 Å². The van der Waals surface area contributed by atoms with E-state index >= 15 is 0 Å². The Morgan fingerprint density at radius 3 is 2.48 bits per heavy atom. The second kappa shape index (κ2) is 9.02. The molecule has 2 aromatic heterocycles. The van der Waals surface area contributed by atoms with Crippen molar-refractivity contribution in [2.75, 3.05) is 51.0 Å². The van der Waals surface area contributed by atoms with Crippen LogP contribution in [0.25, 0.3) is 17.0 Å². The molecule has 12 heteroatoms. The Labute approximate surface area is 188 Å². The largest absolute Gasteiger partial charge is 0.493 e.